The van der Waals surface area contributed by atoms with E-state index < -0.39 is 75.4 Å². The van der Waals surface area contributed by atoms with E-state index in [1.54, 1.807) is 24.3 Å². The van der Waals surface area contributed by atoms with Crippen LogP contribution in [0.15, 0.2) is 60.0 Å². The summed E-state index contributed by atoms with van der Waals surface area (Å²) < 4.78 is 55.0. The smallest absolute Gasteiger partial charge is 0.410 e. The van der Waals surface area contributed by atoms with Gasteiger partial charge in [0, 0.05) is 32.0 Å². The maximum atomic E-state index is 14.6. The van der Waals surface area contributed by atoms with E-state index >= 15 is 0 Å². The number of hydrogen-bond donors (Lipinski definition) is 4. The van der Waals surface area contributed by atoms with Gasteiger partial charge >= 0.3 is 12.2 Å². The van der Waals surface area contributed by atoms with E-state index in [1.807, 2.05) is 0 Å². The number of hydrogen-bond acceptors (Lipinski definition) is 10. The van der Waals surface area contributed by atoms with Crippen molar-refractivity contribution in [1.82, 2.24) is 25.2 Å². The zero-order valence-corrected chi connectivity index (χ0v) is 33.2. The van der Waals surface area contributed by atoms with Crippen molar-refractivity contribution in [2.24, 2.45) is 5.92 Å². The van der Waals surface area contributed by atoms with Gasteiger partial charge < -0.3 is 30.3 Å². The Morgan fingerprint density at radius 3 is 2.41 bits per heavy atom. The molecule has 312 valence electrons. The fourth-order valence-electron chi connectivity index (χ4n) is 8.55. The summed E-state index contributed by atoms with van der Waals surface area (Å²) in [7, 11) is -4.41. The molecule has 3 heterocycles. The topological polar surface area (TPSA) is 193 Å². The number of fused-ring (bicyclic) bond motifs is 3. The van der Waals surface area contributed by atoms with Crippen LogP contribution >= 0.6 is 0 Å². The molecule has 0 bridgehead atoms. The first-order chi connectivity index (χ1) is 27.9. The third-order valence-electron chi connectivity index (χ3n) is 11.9. The van der Waals surface area contributed by atoms with Crippen molar-refractivity contribution in [3.05, 3.63) is 72.1 Å². The van der Waals surface area contributed by atoms with Gasteiger partial charge in [0.25, 0.3) is 15.9 Å². The van der Waals surface area contributed by atoms with Crippen LogP contribution in [-0.4, -0.2) is 91.0 Å². The minimum absolute atomic E-state index is 0.0515. The molecule has 58 heavy (non-hydrogen) atoms. The molecule has 0 aromatic heterocycles. The Morgan fingerprint density at radius 2 is 1.64 bits per heavy atom. The Labute approximate surface area is 337 Å². The van der Waals surface area contributed by atoms with Gasteiger partial charge in [-0.1, -0.05) is 50.0 Å². The van der Waals surface area contributed by atoms with Gasteiger partial charge in [-0.15, -0.1) is 6.58 Å². The lowest BCUT2D eigenvalue weighted by Crippen LogP contribution is -2.58. The minimum atomic E-state index is -4.41. The van der Waals surface area contributed by atoms with Gasteiger partial charge in [0.15, 0.2) is 0 Å². The molecular weight excluding hydrogens is 772 g/mol. The van der Waals surface area contributed by atoms with Crippen LogP contribution in [0.2, 0.25) is 0 Å². The van der Waals surface area contributed by atoms with Gasteiger partial charge in [-0.25, -0.2) is 27.1 Å². The molecule has 15 nitrogen and oxygen atoms in total. The van der Waals surface area contributed by atoms with Crippen LogP contribution < -0.4 is 20.7 Å². The first-order valence-corrected chi connectivity index (χ1v) is 21.7. The van der Waals surface area contributed by atoms with Crippen molar-refractivity contribution in [3.63, 3.8) is 0 Å². The van der Waals surface area contributed by atoms with Crippen LogP contribution in [0.4, 0.5) is 19.7 Å². The summed E-state index contributed by atoms with van der Waals surface area (Å²) in [5.74, 6) is -3.37. The first kappa shape index (κ1) is 41.0. The van der Waals surface area contributed by atoms with Crippen LogP contribution in [0.1, 0.15) is 88.2 Å². The number of sulfonamides is 1. The molecule has 5 aliphatic rings. The van der Waals surface area contributed by atoms with Crippen LogP contribution in [0.5, 0.6) is 0 Å². The molecule has 5 atom stereocenters. The number of nitrogens with one attached hydrogen (secondary N) is 4. The average molecular weight is 823 g/mol. The van der Waals surface area contributed by atoms with E-state index in [9.17, 15) is 36.8 Å². The first-order valence-electron chi connectivity index (χ1n) is 20.2. The highest BCUT2D eigenvalue weighted by molar-refractivity contribution is 7.90. The molecule has 0 radical (unpaired) electrons. The molecule has 2 aromatic carbocycles. The van der Waals surface area contributed by atoms with Crippen LogP contribution in [0.3, 0.4) is 0 Å². The Bertz CT molecular complexity index is 2040. The SMILES string of the molecule is C=C[C@@H]1C[C@@]12NC(=O)[C@@H]1C[C@@H](OC(=O)N3Cc4ccc(F)cc4C3)CN1C(=O)[C@@H](NC(=O)OC1CCCC1)CCCCCCCNc1ccccc1S(=O)(=O)NC2=O. The highest BCUT2D eigenvalue weighted by Gasteiger charge is 2.61. The van der Waals surface area contributed by atoms with Crippen molar-refractivity contribution in [1.29, 1.82) is 0 Å². The van der Waals surface area contributed by atoms with Gasteiger partial charge in [0.2, 0.25) is 11.8 Å². The third kappa shape index (κ3) is 9.08. The Hall–Kier alpha value is -5.19. The molecule has 7 rings (SSSR count). The predicted molar refractivity (Wildman–Crippen MR) is 209 cm³/mol. The highest BCUT2D eigenvalue weighted by atomic mass is 32.2. The lowest BCUT2D eigenvalue weighted by Gasteiger charge is -2.30. The third-order valence-corrected chi connectivity index (χ3v) is 13.3. The largest absolute Gasteiger partial charge is 0.446 e. The van der Waals surface area contributed by atoms with E-state index in [2.05, 4.69) is 27.3 Å². The number of anilines is 1. The second-order valence-corrected chi connectivity index (χ2v) is 17.6. The molecule has 3 aliphatic heterocycles. The Kier molecular flexibility index (Phi) is 12.3. The monoisotopic (exact) mass is 822 g/mol. The normalized spacial score (nSPS) is 27.9. The minimum Gasteiger partial charge on any atom is -0.446 e. The quantitative estimate of drug-likeness (QED) is 0.317. The van der Waals surface area contributed by atoms with Crippen molar-refractivity contribution in [3.8, 4) is 0 Å². The summed E-state index contributed by atoms with van der Waals surface area (Å²) in [5.41, 5.74) is 0.0441. The lowest BCUT2D eigenvalue weighted by atomic mass is 10.0. The number of carbonyl (C=O) groups excluding carboxylic acids is 5. The lowest BCUT2D eigenvalue weighted by molar-refractivity contribution is -0.141. The van der Waals surface area contributed by atoms with Gasteiger partial charge in [-0.05, 0) is 80.3 Å². The van der Waals surface area contributed by atoms with Crippen molar-refractivity contribution in [2.75, 3.05) is 18.4 Å². The molecule has 2 aromatic rings. The molecule has 2 aliphatic carbocycles. The maximum Gasteiger partial charge on any atom is 0.410 e. The number of para-hydroxylation sites is 1. The van der Waals surface area contributed by atoms with Crippen LogP contribution in [0, 0.1) is 11.7 Å². The number of ether oxygens (including phenoxy) is 2. The second kappa shape index (κ2) is 17.3. The van der Waals surface area contributed by atoms with Gasteiger partial charge in [0.1, 0.15) is 40.5 Å². The van der Waals surface area contributed by atoms with E-state index in [4.69, 9.17) is 9.47 Å². The van der Waals surface area contributed by atoms with E-state index in [0.29, 0.717) is 24.2 Å². The summed E-state index contributed by atoms with van der Waals surface area (Å²) in [6.45, 7) is 4.36. The Balaban J connectivity index is 1.15. The van der Waals surface area contributed by atoms with Crippen molar-refractivity contribution in [2.45, 2.75) is 125 Å². The number of nitrogens with zero attached hydrogens (tertiary/aromatic N) is 2. The zero-order valence-electron chi connectivity index (χ0n) is 32.4. The predicted octanol–water partition coefficient (Wildman–Crippen LogP) is 4.62. The van der Waals surface area contributed by atoms with Crippen molar-refractivity contribution >= 4 is 45.6 Å². The standard InChI is InChI=1S/C41H51FN6O9S/c1-2-28-22-41(28)38(51)46-58(54,55)35-16-10-9-14-32(35)43-19-11-5-3-4-6-15-33(44-39(52)56-30-12-7-8-13-30)37(50)48-25-31(21-34(48)36(49)45-41)57-40(53)47-23-26-17-18-29(42)20-27(26)24-47/h2,9-10,14,16-18,20,28,30-31,33-34,43H,1,3-8,11-13,15,19,21-25H2,(H,44,52)(H,45,49)(H,46,51)/t28-,31-,33+,34+,41-/m1/s1. The average Bonchev–Trinajstić information content (AvgIpc) is 3.57. The molecular formula is C41H51FN6O9S. The molecule has 1 spiro atoms. The fourth-order valence-corrected chi connectivity index (χ4v) is 9.78. The molecule has 17 heteroatoms. The second-order valence-electron chi connectivity index (χ2n) is 15.9. The maximum absolute atomic E-state index is 14.6. The summed E-state index contributed by atoms with van der Waals surface area (Å²) in [6, 6.07) is 8.19. The summed E-state index contributed by atoms with van der Waals surface area (Å²) in [5, 5.41) is 8.68. The summed E-state index contributed by atoms with van der Waals surface area (Å²) in [4.78, 5) is 72.1. The molecule has 1 saturated heterocycles. The van der Waals surface area contributed by atoms with E-state index in [0.717, 1.165) is 56.9 Å². The van der Waals surface area contributed by atoms with E-state index in [-0.39, 0.29) is 49.9 Å². The number of carbonyl (C=O) groups is 5. The number of benzene rings is 2. The molecule has 4 N–H and O–H groups in total. The van der Waals surface area contributed by atoms with Gasteiger partial charge in [0.05, 0.1) is 12.2 Å². The summed E-state index contributed by atoms with van der Waals surface area (Å²) in [6.07, 6.45) is 5.90. The zero-order chi connectivity index (χ0) is 41.0. The van der Waals surface area contributed by atoms with E-state index in [1.165, 1.54) is 34.1 Å². The number of alkyl carbamates (subject to hydrolysis) is 1. The van der Waals surface area contributed by atoms with Gasteiger partial charge in [-0.2, -0.15) is 0 Å². The van der Waals surface area contributed by atoms with Crippen LogP contribution in [-0.2, 0) is 47.0 Å². The summed E-state index contributed by atoms with van der Waals surface area (Å²) >= 11 is 0. The molecule has 2 saturated carbocycles. The molecule has 0 unspecified atom stereocenters. The fraction of sp³-hybridized carbons (Fsp3) is 0.537. The van der Waals surface area contributed by atoms with Crippen LogP contribution in [0.25, 0.3) is 0 Å². The van der Waals surface area contributed by atoms with Crippen molar-refractivity contribution < 1.29 is 46.3 Å². The Morgan fingerprint density at radius 1 is 0.914 bits per heavy atom. The number of rotatable bonds is 4. The molecule has 5 amide bonds. The number of amides is 5. The highest BCUT2D eigenvalue weighted by Crippen LogP contribution is 2.45. The number of halogens is 1. The molecule has 3 fully saturated rings. The van der Waals surface area contributed by atoms with Gasteiger partial charge in [-0.3, -0.25) is 19.3 Å².